The Bertz CT molecular complexity index is 455. The largest absolute Gasteiger partial charge is 0.545 e. The Kier molecular flexibility index (Phi) is 2.96. The van der Waals surface area contributed by atoms with Gasteiger partial charge in [-0.15, -0.1) is 0 Å². The maximum absolute atomic E-state index is 11.5. The van der Waals surface area contributed by atoms with Crippen molar-refractivity contribution in [1.29, 1.82) is 0 Å². The molecule has 1 aromatic rings. The molecule has 1 aromatic carbocycles. The summed E-state index contributed by atoms with van der Waals surface area (Å²) < 4.78 is 0.635. The predicted octanol–water partition coefficient (Wildman–Crippen LogP) is 1.16. The number of carbonyl (C=O) groups excluding carboxylic acids is 2. The van der Waals surface area contributed by atoms with Gasteiger partial charge in [0.25, 0.3) is 0 Å². The van der Waals surface area contributed by atoms with Crippen molar-refractivity contribution in [2.45, 2.75) is 12.8 Å². The van der Waals surface area contributed by atoms with Crippen LogP contribution in [0.5, 0.6) is 0 Å². The summed E-state index contributed by atoms with van der Waals surface area (Å²) in [6, 6.07) is 4.64. The van der Waals surface area contributed by atoms with Crippen molar-refractivity contribution in [1.82, 2.24) is 0 Å². The summed E-state index contributed by atoms with van der Waals surface area (Å²) in [4.78, 5) is 22.4. The average Bonchev–Trinajstić information content (AvgIpc) is 3.03. The van der Waals surface area contributed by atoms with Gasteiger partial charge < -0.3 is 15.2 Å². The van der Waals surface area contributed by atoms with Gasteiger partial charge in [0.05, 0.1) is 5.97 Å². The van der Waals surface area contributed by atoms with E-state index in [1.807, 2.05) is 0 Å². The molecule has 1 amide bonds. The molecule has 0 atom stereocenters. The molecule has 0 radical (unpaired) electrons. The van der Waals surface area contributed by atoms with Gasteiger partial charge >= 0.3 is 0 Å². The quantitative estimate of drug-likeness (QED) is 0.905. The van der Waals surface area contributed by atoms with Gasteiger partial charge in [0.15, 0.2) is 0 Å². The van der Waals surface area contributed by atoms with Crippen LogP contribution in [-0.4, -0.2) is 11.9 Å². The zero-order chi connectivity index (χ0) is 11.7. The summed E-state index contributed by atoms with van der Waals surface area (Å²) in [6.45, 7) is 0. The second-order valence-corrected chi connectivity index (χ2v) is 4.66. The third kappa shape index (κ3) is 2.41. The van der Waals surface area contributed by atoms with Crippen LogP contribution in [0.25, 0.3) is 0 Å². The number of hydrogen-bond acceptors (Lipinski definition) is 3. The number of hydrogen-bond donors (Lipinski definition) is 1. The molecule has 4 nitrogen and oxygen atoms in total. The number of halogens is 1. The molecule has 0 spiro atoms. The summed E-state index contributed by atoms with van der Waals surface area (Å²) in [5.41, 5.74) is 0.281. The number of amides is 1. The first-order chi connectivity index (χ1) is 7.58. The van der Waals surface area contributed by atoms with Gasteiger partial charge in [-0.2, -0.15) is 0 Å². The number of benzene rings is 1. The highest BCUT2D eigenvalue weighted by molar-refractivity contribution is 9.10. The standard InChI is InChI=1S/C11H10BrNO3/c12-7-3-4-9(8(5-7)11(15)16)13-10(14)6-1-2-6/h3-6H,1-2H2,(H,13,14)(H,15,16)/p-1. The number of anilines is 1. The molecule has 16 heavy (non-hydrogen) atoms. The maximum Gasteiger partial charge on any atom is 0.227 e. The topological polar surface area (TPSA) is 69.2 Å². The van der Waals surface area contributed by atoms with Gasteiger partial charge in [0.2, 0.25) is 5.91 Å². The summed E-state index contributed by atoms with van der Waals surface area (Å²) in [5.74, 6) is -1.38. The molecule has 0 aliphatic heterocycles. The van der Waals surface area contributed by atoms with Crippen LogP contribution in [0.15, 0.2) is 22.7 Å². The van der Waals surface area contributed by atoms with Crippen LogP contribution >= 0.6 is 15.9 Å². The molecular weight excluding hydrogens is 274 g/mol. The van der Waals surface area contributed by atoms with E-state index in [2.05, 4.69) is 21.2 Å². The first-order valence-corrected chi connectivity index (χ1v) is 5.69. The van der Waals surface area contributed by atoms with E-state index in [1.54, 1.807) is 12.1 Å². The van der Waals surface area contributed by atoms with E-state index in [4.69, 9.17) is 0 Å². The molecule has 0 unspecified atom stereocenters. The van der Waals surface area contributed by atoms with Crippen molar-refractivity contribution in [3.63, 3.8) is 0 Å². The summed E-state index contributed by atoms with van der Waals surface area (Å²) in [5, 5.41) is 13.5. The molecule has 0 aromatic heterocycles. The summed E-state index contributed by atoms with van der Waals surface area (Å²) in [7, 11) is 0. The van der Waals surface area contributed by atoms with Crippen LogP contribution in [-0.2, 0) is 4.79 Å². The summed E-state index contributed by atoms with van der Waals surface area (Å²) >= 11 is 3.17. The lowest BCUT2D eigenvalue weighted by molar-refractivity contribution is -0.254. The fraction of sp³-hybridized carbons (Fsp3) is 0.273. The molecule has 1 N–H and O–H groups in total. The molecule has 1 fully saturated rings. The third-order valence-electron chi connectivity index (χ3n) is 2.41. The van der Waals surface area contributed by atoms with E-state index >= 15 is 0 Å². The van der Waals surface area contributed by atoms with Crippen molar-refractivity contribution >= 4 is 33.5 Å². The average molecular weight is 283 g/mol. The Morgan fingerprint density at radius 1 is 1.38 bits per heavy atom. The van der Waals surface area contributed by atoms with Crippen LogP contribution in [0.1, 0.15) is 23.2 Å². The number of nitrogens with one attached hydrogen (secondary N) is 1. The molecule has 84 valence electrons. The molecule has 1 saturated carbocycles. The van der Waals surface area contributed by atoms with Crippen molar-refractivity contribution in [2.75, 3.05) is 5.32 Å². The lowest BCUT2D eigenvalue weighted by Gasteiger charge is -2.11. The van der Waals surface area contributed by atoms with E-state index in [-0.39, 0.29) is 17.4 Å². The van der Waals surface area contributed by atoms with E-state index < -0.39 is 5.97 Å². The van der Waals surface area contributed by atoms with Crippen LogP contribution in [0.3, 0.4) is 0 Å². The monoisotopic (exact) mass is 282 g/mol. The minimum absolute atomic E-state index is 0.0108. The highest BCUT2D eigenvalue weighted by atomic mass is 79.9. The van der Waals surface area contributed by atoms with Crippen molar-refractivity contribution in [2.24, 2.45) is 5.92 Å². The number of carboxylic acid groups (broad SMARTS) is 1. The van der Waals surface area contributed by atoms with Gasteiger partial charge in [0.1, 0.15) is 0 Å². The number of carboxylic acids is 1. The third-order valence-corrected chi connectivity index (χ3v) is 2.90. The van der Waals surface area contributed by atoms with Gasteiger partial charge in [-0.1, -0.05) is 15.9 Å². The van der Waals surface area contributed by atoms with Gasteiger partial charge in [-0.05, 0) is 31.0 Å². The normalized spacial score (nSPS) is 14.6. The van der Waals surface area contributed by atoms with Gasteiger partial charge in [-0.25, -0.2) is 0 Å². The minimum atomic E-state index is -1.30. The van der Waals surface area contributed by atoms with Crippen LogP contribution < -0.4 is 10.4 Å². The molecule has 0 heterocycles. The highest BCUT2D eigenvalue weighted by Gasteiger charge is 2.29. The molecule has 0 bridgehead atoms. The first-order valence-electron chi connectivity index (χ1n) is 4.89. The van der Waals surface area contributed by atoms with E-state index in [9.17, 15) is 14.7 Å². The van der Waals surface area contributed by atoms with Crippen molar-refractivity contribution < 1.29 is 14.7 Å². The SMILES string of the molecule is O=C([O-])c1cc(Br)ccc1NC(=O)C1CC1. The number of aromatic carboxylic acids is 1. The van der Waals surface area contributed by atoms with Gasteiger partial charge in [-0.3, -0.25) is 4.79 Å². The zero-order valence-corrected chi connectivity index (χ0v) is 9.91. The molecule has 2 rings (SSSR count). The Balaban J connectivity index is 2.24. The molecule has 0 saturated heterocycles. The Hall–Kier alpha value is -1.36. The number of carbonyl (C=O) groups is 2. The maximum atomic E-state index is 11.5. The predicted molar refractivity (Wildman–Crippen MR) is 59.8 cm³/mol. The van der Waals surface area contributed by atoms with E-state index in [0.29, 0.717) is 10.2 Å². The van der Waals surface area contributed by atoms with Crippen LogP contribution in [0.2, 0.25) is 0 Å². The molecule has 1 aliphatic rings. The van der Waals surface area contributed by atoms with E-state index in [1.165, 1.54) is 6.07 Å². The van der Waals surface area contributed by atoms with Crippen molar-refractivity contribution in [3.05, 3.63) is 28.2 Å². The summed E-state index contributed by atoms with van der Waals surface area (Å²) in [6.07, 6.45) is 1.76. The molecular formula is C11H9BrNO3-. The Labute approximate surface area is 101 Å². The number of rotatable bonds is 3. The molecule has 5 heteroatoms. The van der Waals surface area contributed by atoms with Crippen LogP contribution in [0, 0.1) is 5.92 Å². The fourth-order valence-electron chi connectivity index (χ4n) is 1.37. The van der Waals surface area contributed by atoms with Gasteiger partial charge in [0, 0.05) is 21.6 Å². The molecule has 1 aliphatic carbocycles. The van der Waals surface area contributed by atoms with Crippen molar-refractivity contribution in [3.8, 4) is 0 Å². The van der Waals surface area contributed by atoms with E-state index in [0.717, 1.165) is 12.8 Å². The minimum Gasteiger partial charge on any atom is -0.545 e. The highest BCUT2D eigenvalue weighted by Crippen LogP contribution is 2.31. The lowest BCUT2D eigenvalue weighted by atomic mass is 10.1. The fourth-order valence-corrected chi connectivity index (χ4v) is 1.74. The second-order valence-electron chi connectivity index (χ2n) is 3.74. The zero-order valence-electron chi connectivity index (χ0n) is 8.33. The second kappa shape index (κ2) is 4.25. The Morgan fingerprint density at radius 2 is 2.06 bits per heavy atom. The first kappa shape index (κ1) is 11.1. The van der Waals surface area contributed by atoms with Crippen LogP contribution in [0.4, 0.5) is 5.69 Å². The smallest absolute Gasteiger partial charge is 0.227 e. The lowest BCUT2D eigenvalue weighted by Crippen LogP contribution is -2.25. The Morgan fingerprint density at radius 3 is 2.62 bits per heavy atom.